The highest BCUT2D eigenvalue weighted by molar-refractivity contribution is 6.01. The van der Waals surface area contributed by atoms with Crippen LogP contribution in [0, 0.1) is 0 Å². The van der Waals surface area contributed by atoms with Gasteiger partial charge in [-0.2, -0.15) is 0 Å². The number of carboxylic acids is 1. The Hall–Kier alpha value is -2.08. The first-order valence-corrected chi connectivity index (χ1v) is 6.77. The van der Waals surface area contributed by atoms with E-state index in [9.17, 15) is 14.7 Å². The third-order valence-electron chi connectivity index (χ3n) is 4.37. The number of aromatic amines is 1. The van der Waals surface area contributed by atoms with Gasteiger partial charge in [0.15, 0.2) is 0 Å². The van der Waals surface area contributed by atoms with Crippen LogP contribution >= 0.6 is 0 Å². The average Bonchev–Trinajstić information content (AvgIpc) is 3.09. The van der Waals surface area contributed by atoms with Crippen LogP contribution in [0.25, 0.3) is 11.0 Å². The van der Waals surface area contributed by atoms with Crippen LogP contribution in [-0.4, -0.2) is 32.8 Å². The lowest BCUT2D eigenvalue weighted by Gasteiger charge is -2.20. The fourth-order valence-electron chi connectivity index (χ4n) is 3.55. The molecule has 3 atom stereocenters. The lowest BCUT2D eigenvalue weighted by Crippen LogP contribution is -2.29. The molecule has 2 N–H and O–H groups in total. The number of fused-ring (bicyclic) bond motifs is 3. The van der Waals surface area contributed by atoms with Crippen molar-refractivity contribution in [1.29, 1.82) is 0 Å². The number of nitrogens with one attached hydrogen (secondary N) is 1. The van der Waals surface area contributed by atoms with Crippen LogP contribution in [0.2, 0.25) is 0 Å². The Bertz CT molecular complexity index is 760. The molecule has 2 saturated heterocycles. The molecule has 3 unspecified atom stereocenters. The summed E-state index contributed by atoms with van der Waals surface area (Å²) < 4.78 is 7.38. The van der Waals surface area contributed by atoms with Crippen molar-refractivity contribution in [2.24, 2.45) is 0 Å². The Morgan fingerprint density at radius 1 is 1.40 bits per heavy atom. The number of carbonyl (C=O) groups is 1. The molecule has 3 heterocycles. The highest BCUT2D eigenvalue weighted by Crippen LogP contribution is 2.42. The number of ether oxygens (including phenoxy) is 1. The van der Waals surface area contributed by atoms with E-state index in [0.717, 1.165) is 19.3 Å². The maximum Gasteiger partial charge on any atom is 0.337 e. The molecule has 2 bridgehead atoms. The predicted molar refractivity (Wildman–Crippen MR) is 71.1 cm³/mol. The number of carboxylic acid groups (broad SMARTS) is 1. The molecular weight excluding hydrogens is 260 g/mol. The van der Waals surface area contributed by atoms with Crippen LogP contribution in [0.3, 0.4) is 0 Å². The number of aromatic carboxylic acids is 1. The summed E-state index contributed by atoms with van der Waals surface area (Å²) in [4.78, 5) is 26.4. The summed E-state index contributed by atoms with van der Waals surface area (Å²) in [5, 5.41) is 9.33. The maximum absolute atomic E-state index is 12.2. The fraction of sp³-hybridized carbons (Fsp3) is 0.429. The molecule has 0 aliphatic carbocycles. The van der Waals surface area contributed by atoms with Gasteiger partial charge in [-0.15, -0.1) is 0 Å². The Balaban J connectivity index is 1.97. The van der Waals surface area contributed by atoms with E-state index >= 15 is 0 Å². The molecule has 2 aliphatic rings. The number of rotatable bonds is 2. The molecule has 6 heteroatoms. The molecular formula is C14H14N2O4. The van der Waals surface area contributed by atoms with Crippen molar-refractivity contribution < 1.29 is 14.6 Å². The maximum atomic E-state index is 12.2. The van der Waals surface area contributed by atoms with Gasteiger partial charge in [-0.1, -0.05) is 6.07 Å². The van der Waals surface area contributed by atoms with Gasteiger partial charge < -0.3 is 14.8 Å². The molecule has 2 aromatic rings. The van der Waals surface area contributed by atoms with Gasteiger partial charge in [0.2, 0.25) is 0 Å². The molecule has 0 radical (unpaired) electrons. The zero-order chi connectivity index (χ0) is 13.9. The number of imidazole rings is 1. The summed E-state index contributed by atoms with van der Waals surface area (Å²) in [6, 6.07) is 4.84. The largest absolute Gasteiger partial charge is 0.478 e. The van der Waals surface area contributed by atoms with E-state index in [0.29, 0.717) is 11.0 Å². The van der Waals surface area contributed by atoms with E-state index in [1.807, 2.05) is 0 Å². The SMILES string of the molecule is O=C(O)c1cccc2[nH]c(=O)n(C3CC4CCC3O4)c12. The number of para-hydroxylation sites is 1. The molecule has 1 aromatic carbocycles. The molecule has 4 rings (SSSR count). The van der Waals surface area contributed by atoms with Gasteiger partial charge in [-0.25, -0.2) is 9.59 Å². The second kappa shape index (κ2) is 3.96. The highest BCUT2D eigenvalue weighted by Gasteiger charge is 2.43. The zero-order valence-electron chi connectivity index (χ0n) is 10.7. The van der Waals surface area contributed by atoms with E-state index < -0.39 is 5.97 Å². The summed E-state index contributed by atoms with van der Waals surface area (Å²) in [5.41, 5.74) is 0.947. The minimum Gasteiger partial charge on any atom is -0.478 e. The second-order valence-corrected chi connectivity index (χ2v) is 5.48. The molecule has 0 saturated carbocycles. The molecule has 104 valence electrons. The second-order valence-electron chi connectivity index (χ2n) is 5.48. The monoisotopic (exact) mass is 274 g/mol. The number of hydrogen-bond acceptors (Lipinski definition) is 3. The van der Waals surface area contributed by atoms with Gasteiger partial charge in [0.05, 0.1) is 34.8 Å². The van der Waals surface area contributed by atoms with Gasteiger partial charge in [0, 0.05) is 0 Å². The number of hydrogen-bond donors (Lipinski definition) is 2. The summed E-state index contributed by atoms with van der Waals surface area (Å²) >= 11 is 0. The first kappa shape index (κ1) is 11.7. The molecule has 2 aliphatic heterocycles. The highest BCUT2D eigenvalue weighted by atomic mass is 16.5. The summed E-state index contributed by atoms with van der Waals surface area (Å²) in [6.45, 7) is 0. The number of aromatic nitrogens is 2. The average molecular weight is 274 g/mol. The lowest BCUT2D eigenvalue weighted by atomic mass is 9.95. The first-order chi connectivity index (χ1) is 9.65. The van der Waals surface area contributed by atoms with Crippen LogP contribution in [0.15, 0.2) is 23.0 Å². The van der Waals surface area contributed by atoms with Gasteiger partial charge in [-0.05, 0) is 31.4 Å². The van der Waals surface area contributed by atoms with Crippen molar-refractivity contribution in [3.63, 3.8) is 0 Å². The summed E-state index contributed by atoms with van der Waals surface area (Å²) in [6.07, 6.45) is 2.98. The van der Waals surface area contributed by atoms with E-state index in [4.69, 9.17) is 4.74 Å². The van der Waals surface area contributed by atoms with E-state index in [-0.39, 0.29) is 29.5 Å². The lowest BCUT2D eigenvalue weighted by molar-refractivity contribution is 0.0697. The molecule has 2 fully saturated rings. The quantitative estimate of drug-likeness (QED) is 0.869. The number of benzene rings is 1. The molecule has 1 aromatic heterocycles. The third-order valence-corrected chi connectivity index (χ3v) is 4.37. The van der Waals surface area contributed by atoms with Crippen molar-refractivity contribution >= 4 is 17.0 Å². The third kappa shape index (κ3) is 1.48. The van der Waals surface area contributed by atoms with Crippen LogP contribution in [0.5, 0.6) is 0 Å². The first-order valence-electron chi connectivity index (χ1n) is 6.77. The minimum atomic E-state index is -1.02. The van der Waals surface area contributed by atoms with E-state index in [2.05, 4.69) is 4.98 Å². The Labute approximate surface area is 114 Å². The van der Waals surface area contributed by atoms with Gasteiger partial charge >= 0.3 is 11.7 Å². The van der Waals surface area contributed by atoms with E-state index in [1.165, 1.54) is 6.07 Å². The molecule has 20 heavy (non-hydrogen) atoms. The van der Waals surface area contributed by atoms with Crippen LogP contribution in [-0.2, 0) is 4.74 Å². The van der Waals surface area contributed by atoms with Crippen molar-refractivity contribution in [3.8, 4) is 0 Å². The van der Waals surface area contributed by atoms with Gasteiger partial charge in [-0.3, -0.25) is 4.57 Å². The normalized spacial score (nSPS) is 28.3. The summed E-state index contributed by atoms with van der Waals surface area (Å²) in [7, 11) is 0. The molecule has 0 amide bonds. The van der Waals surface area contributed by atoms with Crippen molar-refractivity contribution in [1.82, 2.24) is 9.55 Å². The number of nitrogens with zero attached hydrogens (tertiary/aromatic N) is 1. The fourth-order valence-corrected chi connectivity index (χ4v) is 3.55. The van der Waals surface area contributed by atoms with E-state index in [1.54, 1.807) is 16.7 Å². The van der Waals surface area contributed by atoms with Crippen LogP contribution in [0.1, 0.15) is 35.7 Å². The Morgan fingerprint density at radius 2 is 2.25 bits per heavy atom. The number of H-pyrrole nitrogens is 1. The van der Waals surface area contributed by atoms with Gasteiger partial charge in [0.25, 0.3) is 0 Å². The van der Waals surface area contributed by atoms with Crippen LogP contribution < -0.4 is 5.69 Å². The van der Waals surface area contributed by atoms with Crippen molar-refractivity contribution in [3.05, 3.63) is 34.2 Å². The Kier molecular flexibility index (Phi) is 2.32. The Morgan fingerprint density at radius 3 is 2.90 bits per heavy atom. The van der Waals surface area contributed by atoms with Crippen molar-refractivity contribution in [2.75, 3.05) is 0 Å². The topological polar surface area (TPSA) is 84.3 Å². The molecule has 0 spiro atoms. The zero-order valence-corrected chi connectivity index (χ0v) is 10.7. The summed E-state index contributed by atoms with van der Waals surface area (Å²) in [5.74, 6) is -1.02. The van der Waals surface area contributed by atoms with Gasteiger partial charge in [0.1, 0.15) is 0 Å². The minimum absolute atomic E-state index is 0.0264. The predicted octanol–water partition coefficient (Wildman–Crippen LogP) is 1.52. The standard InChI is InChI=1S/C14H14N2O4/c17-13(18)8-2-1-3-9-12(8)16(14(19)15-9)10-6-7-4-5-11(10)20-7/h1-3,7,10-11H,4-6H2,(H,15,19)(H,17,18). The smallest absolute Gasteiger partial charge is 0.337 e. The van der Waals surface area contributed by atoms with Crippen LogP contribution in [0.4, 0.5) is 0 Å². The molecule has 6 nitrogen and oxygen atoms in total. The van der Waals surface area contributed by atoms with Crippen molar-refractivity contribution in [2.45, 2.75) is 37.5 Å².